The number of ether oxygens (including phenoxy) is 4. The van der Waals surface area contributed by atoms with E-state index in [-0.39, 0.29) is 37.5 Å². The molecule has 0 unspecified atom stereocenters. The number of aliphatic hydroxyl groups is 2. The van der Waals surface area contributed by atoms with Gasteiger partial charge in [-0.3, -0.25) is 4.98 Å². The second kappa shape index (κ2) is 26.0. The zero-order chi connectivity index (χ0) is 47.6. The van der Waals surface area contributed by atoms with Crippen molar-refractivity contribution >= 4 is 56.7 Å². The van der Waals surface area contributed by atoms with Crippen LogP contribution in [0, 0.1) is 3.57 Å². The molecule has 6 rings (SSSR count). The molecule has 14 heteroatoms. The minimum atomic E-state index is -2.15. The van der Waals surface area contributed by atoms with Gasteiger partial charge in [-0.2, -0.15) is 0 Å². The van der Waals surface area contributed by atoms with E-state index in [1.165, 1.54) is 18.3 Å². The van der Waals surface area contributed by atoms with Crippen molar-refractivity contribution in [1.82, 2.24) is 19.8 Å². The summed E-state index contributed by atoms with van der Waals surface area (Å²) in [7, 11) is 0. The van der Waals surface area contributed by atoms with Crippen LogP contribution in [0.1, 0.15) is 91.2 Å². The molecule has 0 saturated carbocycles. The maximum absolute atomic E-state index is 12.4. The predicted octanol–water partition coefficient (Wildman–Crippen LogP) is 10.1. The summed E-state index contributed by atoms with van der Waals surface area (Å²) < 4.78 is 25.6. The molecule has 0 radical (unpaired) electrons. The van der Waals surface area contributed by atoms with E-state index in [1.54, 1.807) is 22.2 Å². The Kier molecular flexibility index (Phi) is 21.6. The maximum atomic E-state index is 12.4. The maximum Gasteiger partial charge on any atom is 0.410 e. The molecule has 2 amide bonds. The zero-order valence-corrected chi connectivity index (χ0v) is 45.2. The number of amides is 2. The fourth-order valence-electron chi connectivity index (χ4n) is 7.25. The fraction of sp³-hybridized carbons (Fsp3) is 0.529. The van der Waals surface area contributed by atoms with E-state index in [0.29, 0.717) is 25.5 Å². The van der Waals surface area contributed by atoms with Crippen molar-refractivity contribution in [3.8, 4) is 22.6 Å². The Hall–Kier alpha value is -3.67. The number of benzene rings is 2. The molecule has 65 heavy (non-hydrogen) atoms. The molecule has 2 aromatic heterocycles. The smallest absolute Gasteiger partial charge is 0.410 e. The topological polar surface area (TPSA) is 144 Å². The van der Waals surface area contributed by atoms with Crippen LogP contribution in [-0.4, -0.2) is 123 Å². The Labute approximate surface area is 405 Å². The normalized spacial score (nSPS) is 16.2. The minimum absolute atomic E-state index is 0.00492. The second-order valence-corrected chi connectivity index (χ2v) is 35.4. The van der Waals surface area contributed by atoms with Crippen LogP contribution in [-0.2, 0) is 22.3 Å². The van der Waals surface area contributed by atoms with Crippen LogP contribution in [0.5, 0.6) is 11.5 Å². The Morgan fingerprint density at radius 1 is 0.677 bits per heavy atom. The van der Waals surface area contributed by atoms with E-state index >= 15 is 0 Å². The van der Waals surface area contributed by atoms with Crippen molar-refractivity contribution in [3.63, 3.8) is 0 Å². The van der Waals surface area contributed by atoms with Crippen molar-refractivity contribution in [2.45, 2.75) is 131 Å². The number of pyridine rings is 2. The zero-order valence-electron chi connectivity index (χ0n) is 40.1. The number of aliphatic hydroxyl groups excluding tert-OH is 2. The van der Waals surface area contributed by atoms with E-state index in [2.05, 4.69) is 89.8 Å². The molecule has 2 aliphatic rings. The number of hydrogen-bond donors (Lipinski definition) is 2. The van der Waals surface area contributed by atoms with Gasteiger partial charge < -0.3 is 24.6 Å². The van der Waals surface area contributed by atoms with E-state index < -0.39 is 29.6 Å². The van der Waals surface area contributed by atoms with Gasteiger partial charge in [-0.05, 0) is 117 Å². The molecule has 2 aliphatic heterocycles. The average Bonchev–Trinajstić information content (AvgIpc) is 3.93. The number of aryl methyl sites for hydroxylation is 2. The van der Waals surface area contributed by atoms with Crippen molar-refractivity contribution < 1.29 is 38.7 Å². The number of likely N-dealkylation sites (tertiary alicyclic amines) is 2. The molecule has 2 atom stereocenters. The third-order valence-electron chi connectivity index (χ3n) is 10.6. The molecular weight excluding hydrogens is 1040 g/mol. The number of halogens is 1. The molecule has 4 heterocycles. The molecule has 2 saturated heterocycles. The largest absolute Gasteiger partial charge is 0.490 e. The van der Waals surface area contributed by atoms with Crippen LogP contribution in [0.2, 0.25) is 14.8 Å². The Bertz CT molecular complexity index is 2090. The number of carbonyl (C=O) groups is 2. The number of hydrogen-bond acceptors (Lipinski definition) is 10. The van der Waals surface area contributed by atoms with Gasteiger partial charge in [0.2, 0.25) is 0 Å². The molecule has 2 aromatic carbocycles. The monoisotopic (exact) mass is 1120 g/mol. The Morgan fingerprint density at radius 2 is 1.17 bits per heavy atom. The fourth-order valence-corrected chi connectivity index (χ4v) is 10.8. The van der Waals surface area contributed by atoms with Gasteiger partial charge >= 0.3 is 156 Å². The summed E-state index contributed by atoms with van der Waals surface area (Å²) in [6.45, 7) is 14.1. The van der Waals surface area contributed by atoms with Gasteiger partial charge in [0.1, 0.15) is 18.0 Å². The standard InChI is InChI=1S/C24H32N2O4.C15H21N2O3.C9H11IO.3CH3.Sn/c1-24(2,3)30-23(28)26-11-5-10-21(26)17-29-22-14-20(15-25-16-22)19-9-4-7-18(13-19)8-6-12-27;1-15(2,3)20-14(18)17-9-5-6-12(17)11-19-13-7-4-8-16-10-13;10-9-5-1-3-8(7-9)4-2-6-11;;;;/h4,7,9,13-16,21,27H,5-6,8,10-12,17H2,1-3H3;7-8,10,12H,5-6,9,11H2,1-3H3;1,3,5,7,11H,2,4,6H2;3*1H3;/t21-;12-;;;;;/m00...../s1. The number of carbonyl (C=O) groups excluding carboxylic acids is 2. The molecule has 12 nitrogen and oxygen atoms in total. The van der Waals surface area contributed by atoms with Gasteiger partial charge in [0.05, 0.1) is 12.2 Å². The first-order valence-electron chi connectivity index (χ1n) is 23.0. The number of rotatable bonds is 14. The van der Waals surface area contributed by atoms with Crippen LogP contribution >= 0.6 is 22.6 Å². The third kappa shape index (κ3) is 19.6. The van der Waals surface area contributed by atoms with E-state index in [1.807, 2.05) is 72.1 Å². The molecular formula is C51H73IN4O8Sn. The second-order valence-electron chi connectivity index (χ2n) is 19.6. The first kappa shape index (κ1) is 53.9. The quantitative estimate of drug-likeness (QED) is 0.0925. The van der Waals surface area contributed by atoms with Crippen LogP contribution < -0.4 is 13.1 Å². The molecule has 356 valence electrons. The van der Waals surface area contributed by atoms with Crippen molar-refractivity contribution in [2.24, 2.45) is 0 Å². The van der Waals surface area contributed by atoms with E-state index in [9.17, 15) is 9.59 Å². The van der Waals surface area contributed by atoms with Gasteiger partial charge in [-0.15, -0.1) is 0 Å². The minimum Gasteiger partial charge on any atom is -0.490 e. The predicted molar refractivity (Wildman–Crippen MR) is 270 cm³/mol. The van der Waals surface area contributed by atoms with Gasteiger partial charge in [-0.25, -0.2) is 4.79 Å². The van der Waals surface area contributed by atoms with Crippen molar-refractivity contribution in [2.75, 3.05) is 39.5 Å². The third-order valence-corrected chi connectivity index (χ3v) is 17.0. The van der Waals surface area contributed by atoms with Crippen LogP contribution in [0.3, 0.4) is 0 Å². The SMILES string of the molecule is CC(C)(C)OC(=O)N1CCC[C@H]1COc1cnc[c]([Sn]([CH3])([CH3])[CH3])c1.CC(C)(C)OC(=O)N1CCC[C@H]1COc1cncc(-c2cccc(CCCO)c2)c1.OCCCc1cccc(I)c1. The number of aromatic nitrogens is 2. The summed E-state index contributed by atoms with van der Waals surface area (Å²) >= 11 is 0.147. The van der Waals surface area contributed by atoms with Crippen molar-refractivity contribution in [3.05, 3.63) is 100 Å². The van der Waals surface area contributed by atoms with E-state index in [0.717, 1.165) is 74.8 Å². The average molecular weight is 1120 g/mol. The Balaban J connectivity index is 0.000000235. The van der Waals surface area contributed by atoms with Gasteiger partial charge in [-0.1, -0.05) is 36.4 Å². The summed E-state index contributed by atoms with van der Waals surface area (Å²) in [5.41, 5.74) is 3.57. The van der Waals surface area contributed by atoms with Gasteiger partial charge in [0, 0.05) is 35.1 Å². The molecule has 2 N–H and O–H groups in total. The Morgan fingerprint density at radius 3 is 1.66 bits per heavy atom. The van der Waals surface area contributed by atoms with Crippen LogP contribution in [0.25, 0.3) is 11.1 Å². The summed E-state index contributed by atoms with van der Waals surface area (Å²) in [5, 5.41) is 17.6. The van der Waals surface area contributed by atoms with Crippen LogP contribution in [0.15, 0.2) is 85.5 Å². The summed E-state index contributed by atoms with van der Waals surface area (Å²) in [4.78, 5) is 44.1. The summed E-state index contributed by atoms with van der Waals surface area (Å²) in [6, 6.07) is 20.8. The first-order valence-corrected chi connectivity index (χ1v) is 34.0. The number of nitrogens with zero attached hydrogens (tertiary/aromatic N) is 4. The molecule has 2 fully saturated rings. The van der Waals surface area contributed by atoms with Crippen molar-refractivity contribution in [1.29, 1.82) is 0 Å². The molecule has 0 aliphatic carbocycles. The molecule has 0 bridgehead atoms. The molecule has 0 spiro atoms. The van der Waals surface area contributed by atoms with Gasteiger partial charge in [0.15, 0.2) is 0 Å². The first-order chi connectivity index (χ1) is 30.7. The van der Waals surface area contributed by atoms with Gasteiger partial charge in [0.25, 0.3) is 0 Å². The summed E-state index contributed by atoms with van der Waals surface area (Å²) in [5.74, 6) is 1.49. The van der Waals surface area contributed by atoms with Crippen LogP contribution in [0.4, 0.5) is 9.59 Å². The molecule has 4 aromatic rings. The summed E-state index contributed by atoms with van der Waals surface area (Å²) in [6.07, 6.45) is 13.9. The van der Waals surface area contributed by atoms with E-state index in [4.69, 9.17) is 29.2 Å².